The number of carbonyl (C=O) groups excluding carboxylic acids is 1. The fourth-order valence-corrected chi connectivity index (χ4v) is 4.00. The van der Waals surface area contributed by atoms with Crippen molar-refractivity contribution in [2.24, 2.45) is 0 Å². The lowest BCUT2D eigenvalue weighted by Crippen LogP contribution is -2.23. The lowest BCUT2D eigenvalue weighted by molar-refractivity contribution is -0.115. The van der Waals surface area contributed by atoms with Crippen molar-refractivity contribution in [3.8, 4) is 0 Å². The van der Waals surface area contributed by atoms with Crippen LogP contribution >= 0.6 is 0 Å². The van der Waals surface area contributed by atoms with Gasteiger partial charge in [0.15, 0.2) is 0 Å². The minimum atomic E-state index is -3.58. The van der Waals surface area contributed by atoms with Crippen LogP contribution in [0.15, 0.2) is 52.0 Å². The minimum Gasteiger partial charge on any atom is -0.464 e. The van der Waals surface area contributed by atoms with Gasteiger partial charge in [-0.3, -0.25) is 4.79 Å². The van der Waals surface area contributed by atoms with Gasteiger partial charge in [0.05, 0.1) is 17.6 Å². The van der Waals surface area contributed by atoms with Gasteiger partial charge in [0, 0.05) is 30.7 Å². The molecule has 1 N–H and O–H groups in total. The second-order valence-corrected chi connectivity index (χ2v) is 8.87. The molecule has 0 atom stereocenters. The Balaban J connectivity index is 1.82. The third-order valence-corrected chi connectivity index (χ3v) is 6.35. The van der Waals surface area contributed by atoms with Gasteiger partial charge < -0.3 is 9.73 Å². The van der Waals surface area contributed by atoms with Gasteiger partial charge in [0.25, 0.3) is 0 Å². The molecule has 0 fully saturated rings. The zero-order valence-corrected chi connectivity index (χ0v) is 16.6. The Morgan fingerprint density at radius 3 is 2.56 bits per heavy atom. The molecule has 0 bridgehead atoms. The molecule has 142 valence electrons. The summed E-state index contributed by atoms with van der Waals surface area (Å²) in [5.41, 5.74) is 3.68. The van der Waals surface area contributed by atoms with Crippen molar-refractivity contribution in [1.29, 1.82) is 0 Å². The van der Waals surface area contributed by atoms with E-state index in [1.165, 1.54) is 20.2 Å². The van der Waals surface area contributed by atoms with Crippen LogP contribution in [0.5, 0.6) is 0 Å². The Labute approximate surface area is 158 Å². The molecule has 0 aliphatic heterocycles. The van der Waals surface area contributed by atoms with Crippen LogP contribution in [-0.2, 0) is 21.2 Å². The SMILES string of the molecule is Cc1ccc2c(CC(=O)Nc3ccc(C)c(S(=O)(=O)N(C)C)c3)coc2c1. The first-order valence-electron chi connectivity index (χ1n) is 8.48. The lowest BCUT2D eigenvalue weighted by Gasteiger charge is -2.15. The molecule has 0 saturated heterocycles. The van der Waals surface area contributed by atoms with Crippen molar-refractivity contribution in [2.45, 2.75) is 25.2 Å². The fraction of sp³-hybridized carbons (Fsp3) is 0.250. The summed E-state index contributed by atoms with van der Waals surface area (Å²) in [6.07, 6.45) is 1.72. The van der Waals surface area contributed by atoms with Crippen molar-refractivity contribution in [2.75, 3.05) is 19.4 Å². The van der Waals surface area contributed by atoms with Crippen molar-refractivity contribution in [3.05, 3.63) is 59.4 Å². The normalized spacial score (nSPS) is 11.9. The van der Waals surface area contributed by atoms with E-state index >= 15 is 0 Å². The van der Waals surface area contributed by atoms with Crippen LogP contribution in [-0.4, -0.2) is 32.7 Å². The second-order valence-electron chi connectivity index (χ2n) is 6.75. The Bertz CT molecular complexity index is 1110. The number of nitrogens with one attached hydrogen (secondary N) is 1. The average Bonchev–Trinajstić information content (AvgIpc) is 2.98. The summed E-state index contributed by atoms with van der Waals surface area (Å²) in [6, 6.07) is 10.7. The largest absolute Gasteiger partial charge is 0.464 e. The van der Waals surface area contributed by atoms with Crippen molar-refractivity contribution < 1.29 is 17.6 Å². The molecule has 0 spiro atoms. The van der Waals surface area contributed by atoms with E-state index in [4.69, 9.17) is 4.42 Å². The number of carbonyl (C=O) groups is 1. The number of furan rings is 1. The predicted molar refractivity (Wildman–Crippen MR) is 105 cm³/mol. The van der Waals surface area contributed by atoms with Gasteiger partial charge >= 0.3 is 0 Å². The number of rotatable bonds is 5. The van der Waals surface area contributed by atoms with Gasteiger partial charge in [-0.2, -0.15) is 0 Å². The molecule has 6 nitrogen and oxygen atoms in total. The summed E-state index contributed by atoms with van der Waals surface area (Å²) in [4.78, 5) is 12.6. The van der Waals surface area contributed by atoms with E-state index in [-0.39, 0.29) is 17.2 Å². The number of hydrogen-bond donors (Lipinski definition) is 1. The van der Waals surface area contributed by atoms with Gasteiger partial charge in [-0.15, -0.1) is 0 Å². The third-order valence-electron chi connectivity index (χ3n) is 4.39. The molecule has 3 rings (SSSR count). The van der Waals surface area contributed by atoms with Crippen LogP contribution in [0.2, 0.25) is 0 Å². The Kier molecular flexibility index (Phi) is 5.08. The number of hydrogen-bond acceptors (Lipinski definition) is 4. The summed E-state index contributed by atoms with van der Waals surface area (Å²) in [5.74, 6) is -0.240. The molecule has 2 aromatic carbocycles. The van der Waals surface area contributed by atoms with Crippen LogP contribution in [0.4, 0.5) is 5.69 Å². The third kappa shape index (κ3) is 3.89. The summed E-state index contributed by atoms with van der Waals surface area (Å²) >= 11 is 0. The molecule has 0 unspecified atom stereocenters. The summed E-state index contributed by atoms with van der Waals surface area (Å²) in [5, 5.41) is 3.67. The molecular formula is C20H22N2O4S. The molecule has 1 heterocycles. The first-order chi connectivity index (χ1) is 12.7. The highest BCUT2D eigenvalue weighted by Crippen LogP contribution is 2.25. The molecule has 27 heavy (non-hydrogen) atoms. The van der Waals surface area contributed by atoms with Gasteiger partial charge in [0.2, 0.25) is 15.9 Å². The van der Waals surface area contributed by atoms with E-state index in [1.54, 1.807) is 25.3 Å². The first-order valence-corrected chi connectivity index (χ1v) is 9.92. The van der Waals surface area contributed by atoms with E-state index in [9.17, 15) is 13.2 Å². The molecular weight excluding hydrogens is 364 g/mol. The van der Waals surface area contributed by atoms with E-state index in [0.29, 0.717) is 11.3 Å². The van der Waals surface area contributed by atoms with Crippen LogP contribution in [0, 0.1) is 13.8 Å². The molecule has 0 aliphatic rings. The highest BCUT2D eigenvalue weighted by molar-refractivity contribution is 7.89. The summed E-state index contributed by atoms with van der Waals surface area (Å²) < 4.78 is 31.5. The molecule has 0 saturated carbocycles. The standard InChI is InChI=1S/C20H22N2O4S/c1-13-5-8-17-15(12-26-18(17)9-13)10-20(23)21-16-7-6-14(2)19(11-16)27(24,25)22(3)4/h5-9,11-12H,10H2,1-4H3,(H,21,23). The Morgan fingerprint density at radius 2 is 1.85 bits per heavy atom. The fourth-order valence-electron chi connectivity index (χ4n) is 2.86. The predicted octanol–water partition coefficient (Wildman–Crippen LogP) is 3.48. The minimum absolute atomic E-state index is 0.139. The maximum Gasteiger partial charge on any atom is 0.242 e. The molecule has 1 aromatic heterocycles. The number of anilines is 1. The Hall–Kier alpha value is -2.64. The zero-order chi connectivity index (χ0) is 19.8. The number of sulfonamides is 1. The second kappa shape index (κ2) is 7.17. The molecule has 0 aliphatic carbocycles. The van der Waals surface area contributed by atoms with E-state index in [0.717, 1.165) is 26.4 Å². The summed E-state index contributed by atoms with van der Waals surface area (Å²) in [7, 11) is -0.626. The smallest absolute Gasteiger partial charge is 0.242 e. The maximum atomic E-state index is 12.5. The van der Waals surface area contributed by atoms with Crippen LogP contribution in [0.25, 0.3) is 11.0 Å². The van der Waals surface area contributed by atoms with Crippen LogP contribution in [0.3, 0.4) is 0 Å². The lowest BCUT2D eigenvalue weighted by atomic mass is 10.1. The molecule has 7 heteroatoms. The zero-order valence-electron chi connectivity index (χ0n) is 15.7. The topological polar surface area (TPSA) is 79.6 Å². The highest BCUT2D eigenvalue weighted by atomic mass is 32.2. The van der Waals surface area contributed by atoms with E-state index < -0.39 is 10.0 Å². The van der Waals surface area contributed by atoms with E-state index in [2.05, 4.69) is 5.32 Å². The molecule has 3 aromatic rings. The molecule has 0 radical (unpaired) electrons. The first kappa shape index (κ1) is 19.1. The number of aryl methyl sites for hydroxylation is 2. The van der Waals surface area contributed by atoms with Crippen LogP contribution in [0.1, 0.15) is 16.7 Å². The Morgan fingerprint density at radius 1 is 1.11 bits per heavy atom. The number of amides is 1. The van der Waals surface area contributed by atoms with Gasteiger partial charge in [-0.05, 0) is 43.2 Å². The van der Waals surface area contributed by atoms with Gasteiger partial charge in [-0.1, -0.05) is 18.2 Å². The highest BCUT2D eigenvalue weighted by Gasteiger charge is 2.20. The van der Waals surface area contributed by atoms with Crippen molar-refractivity contribution in [1.82, 2.24) is 4.31 Å². The monoisotopic (exact) mass is 386 g/mol. The number of fused-ring (bicyclic) bond motifs is 1. The number of benzene rings is 2. The van der Waals surface area contributed by atoms with Gasteiger partial charge in [0.1, 0.15) is 5.58 Å². The van der Waals surface area contributed by atoms with Crippen molar-refractivity contribution >= 4 is 32.6 Å². The van der Waals surface area contributed by atoms with E-state index in [1.807, 2.05) is 25.1 Å². The van der Waals surface area contributed by atoms with Crippen molar-refractivity contribution in [3.63, 3.8) is 0 Å². The average molecular weight is 386 g/mol. The quantitative estimate of drug-likeness (QED) is 0.728. The number of nitrogens with zero attached hydrogens (tertiary/aromatic N) is 1. The van der Waals surface area contributed by atoms with Crippen LogP contribution < -0.4 is 5.32 Å². The van der Waals surface area contributed by atoms with Gasteiger partial charge in [-0.25, -0.2) is 12.7 Å². The summed E-state index contributed by atoms with van der Waals surface area (Å²) in [6.45, 7) is 3.70. The maximum absolute atomic E-state index is 12.5. The molecule has 1 amide bonds.